The number of pyridine rings is 1. The summed E-state index contributed by atoms with van der Waals surface area (Å²) in [6, 6.07) is 3.90. The number of rotatable bonds is 5. The maximum absolute atomic E-state index is 11.8. The van der Waals surface area contributed by atoms with Gasteiger partial charge in [0.05, 0.1) is 6.42 Å². The molecule has 3 rings (SSSR count). The Morgan fingerprint density at radius 2 is 2.04 bits per heavy atom. The molecule has 0 aromatic carbocycles. The van der Waals surface area contributed by atoms with E-state index in [4.69, 9.17) is 0 Å². The first-order chi connectivity index (χ1) is 12.8. The number of likely N-dealkylation sites (N-methyl/N-ethyl adjacent to an activating group) is 1. The summed E-state index contributed by atoms with van der Waals surface area (Å²) < 4.78 is 1.82. The van der Waals surface area contributed by atoms with E-state index in [1.807, 2.05) is 30.7 Å². The molecular formula is C19H25N5O3. The number of carbonyl (C=O) groups excluding carboxylic acids is 1. The van der Waals surface area contributed by atoms with Gasteiger partial charge >= 0.3 is 5.97 Å². The van der Waals surface area contributed by atoms with Gasteiger partial charge in [0, 0.05) is 57.1 Å². The molecule has 0 radical (unpaired) electrons. The largest absolute Gasteiger partial charge is 0.476 e. The summed E-state index contributed by atoms with van der Waals surface area (Å²) in [5, 5.41) is 13.8. The summed E-state index contributed by atoms with van der Waals surface area (Å²) in [6.45, 7) is 5.21. The number of carboxylic acid groups (broad SMARTS) is 1. The number of anilines is 1. The van der Waals surface area contributed by atoms with Crippen molar-refractivity contribution in [3.63, 3.8) is 0 Å². The predicted octanol–water partition coefficient (Wildman–Crippen LogP) is 1.75. The van der Waals surface area contributed by atoms with E-state index in [2.05, 4.69) is 15.0 Å². The number of nitrogens with zero attached hydrogens (tertiary/aromatic N) is 5. The van der Waals surface area contributed by atoms with Crippen LogP contribution in [0.2, 0.25) is 0 Å². The molecule has 0 spiro atoms. The van der Waals surface area contributed by atoms with E-state index in [1.165, 1.54) is 0 Å². The molecule has 1 amide bonds. The van der Waals surface area contributed by atoms with Crippen LogP contribution in [0.4, 0.5) is 5.82 Å². The van der Waals surface area contributed by atoms with E-state index in [1.54, 1.807) is 25.2 Å². The third-order valence-electron chi connectivity index (χ3n) is 4.76. The van der Waals surface area contributed by atoms with Gasteiger partial charge in [-0.2, -0.15) is 5.10 Å². The van der Waals surface area contributed by atoms with Crippen molar-refractivity contribution in [1.82, 2.24) is 19.7 Å². The highest BCUT2D eigenvalue weighted by Gasteiger charge is 2.29. The zero-order chi connectivity index (χ0) is 19.7. The van der Waals surface area contributed by atoms with Crippen LogP contribution in [0.25, 0.3) is 0 Å². The molecule has 1 aliphatic heterocycles. The van der Waals surface area contributed by atoms with Gasteiger partial charge in [-0.3, -0.25) is 9.48 Å². The summed E-state index contributed by atoms with van der Waals surface area (Å²) in [5.74, 6) is -0.201. The normalized spacial score (nSPS) is 13.6. The summed E-state index contributed by atoms with van der Waals surface area (Å²) in [6.07, 6.45) is 2.74. The number of fused-ring (bicyclic) bond motifs is 1. The second-order valence-electron chi connectivity index (χ2n) is 7.28. The Labute approximate surface area is 158 Å². The van der Waals surface area contributed by atoms with Crippen molar-refractivity contribution in [3.8, 4) is 0 Å². The summed E-state index contributed by atoms with van der Waals surface area (Å²) in [4.78, 5) is 31.5. The fraction of sp³-hybridized carbons (Fsp3) is 0.474. The van der Waals surface area contributed by atoms with Crippen LogP contribution in [-0.4, -0.2) is 57.3 Å². The lowest BCUT2D eigenvalue weighted by atomic mass is 10.0. The highest BCUT2D eigenvalue weighted by molar-refractivity contribution is 5.87. The van der Waals surface area contributed by atoms with Crippen LogP contribution in [0.15, 0.2) is 18.3 Å². The van der Waals surface area contributed by atoms with Crippen molar-refractivity contribution in [3.05, 3.63) is 40.8 Å². The van der Waals surface area contributed by atoms with Crippen LogP contribution in [0, 0.1) is 0 Å². The molecule has 8 heteroatoms. The van der Waals surface area contributed by atoms with Crippen LogP contribution in [-0.2, 0) is 24.2 Å². The van der Waals surface area contributed by atoms with Crippen LogP contribution in [0.3, 0.4) is 0 Å². The molecule has 1 N–H and O–H groups in total. The molecule has 8 nitrogen and oxygen atoms in total. The number of hydrogen-bond acceptors (Lipinski definition) is 5. The fourth-order valence-electron chi connectivity index (χ4n) is 3.28. The van der Waals surface area contributed by atoms with Gasteiger partial charge in [-0.25, -0.2) is 9.78 Å². The SMILES string of the molecule is CC(C)n1nc(C(=O)O)c2c1CCN(c1ccc(CC(=O)N(C)C)cn1)C2. The molecule has 27 heavy (non-hydrogen) atoms. The summed E-state index contributed by atoms with van der Waals surface area (Å²) in [5.41, 5.74) is 2.73. The Bertz CT molecular complexity index is 855. The zero-order valence-electron chi connectivity index (χ0n) is 16.1. The van der Waals surface area contributed by atoms with Crippen LogP contribution in [0.5, 0.6) is 0 Å². The zero-order valence-corrected chi connectivity index (χ0v) is 16.1. The molecule has 0 unspecified atom stereocenters. The molecule has 144 valence electrons. The second-order valence-corrected chi connectivity index (χ2v) is 7.28. The average Bonchev–Trinajstić information content (AvgIpc) is 3.01. The van der Waals surface area contributed by atoms with Crippen molar-refractivity contribution in [2.45, 2.75) is 39.3 Å². The minimum atomic E-state index is -1.00. The van der Waals surface area contributed by atoms with Crippen LogP contribution in [0.1, 0.15) is 47.2 Å². The van der Waals surface area contributed by atoms with Gasteiger partial charge in [0.15, 0.2) is 5.69 Å². The van der Waals surface area contributed by atoms with Crippen molar-refractivity contribution < 1.29 is 14.7 Å². The number of aromatic carboxylic acids is 1. The smallest absolute Gasteiger partial charge is 0.356 e. The van der Waals surface area contributed by atoms with Gasteiger partial charge in [0.1, 0.15) is 5.82 Å². The molecule has 3 heterocycles. The first kappa shape index (κ1) is 18.9. The van der Waals surface area contributed by atoms with Gasteiger partial charge in [0.25, 0.3) is 0 Å². The van der Waals surface area contributed by atoms with E-state index in [0.29, 0.717) is 13.0 Å². The lowest BCUT2D eigenvalue weighted by Crippen LogP contribution is -2.32. The monoisotopic (exact) mass is 371 g/mol. The molecule has 0 aliphatic carbocycles. The molecule has 0 saturated carbocycles. The van der Waals surface area contributed by atoms with E-state index >= 15 is 0 Å². The van der Waals surface area contributed by atoms with Gasteiger partial charge in [0.2, 0.25) is 5.91 Å². The minimum Gasteiger partial charge on any atom is -0.476 e. The molecule has 0 fully saturated rings. The molecule has 2 aromatic rings. The van der Waals surface area contributed by atoms with E-state index < -0.39 is 5.97 Å². The molecule has 0 bridgehead atoms. The average molecular weight is 371 g/mol. The van der Waals surface area contributed by atoms with Gasteiger partial charge in [-0.05, 0) is 25.5 Å². The highest BCUT2D eigenvalue weighted by atomic mass is 16.4. The van der Waals surface area contributed by atoms with Crippen LogP contribution < -0.4 is 4.90 Å². The maximum Gasteiger partial charge on any atom is 0.356 e. The first-order valence-corrected chi connectivity index (χ1v) is 9.01. The fourth-order valence-corrected chi connectivity index (χ4v) is 3.28. The van der Waals surface area contributed by atoms with Crippen molar-refractivity contribution in [1.29, 1.82) is 0 Å². The molecule has 0 saturated heterocycles. The molecule has 0 atom stereocenters. The Kier molecular flexibility index (Phi) is 5.16. The second kappa shape index (κ2) is 7.38. The minimum absolute atomic E-state index is 0.0272. The Morgan fingerprint density at radius 1 is 1.30 bits per heavy atom. The standard InChI is InChI=1S/C19H25N5O3/c1-12(2)24-15-7-8-23(11-14(15)18(21-24)19(26)27)16-6-5-13(10-20-16)9-17(25)22(3)4/h5-6,10,12H,7-9,11H2,1-4H3,(H,26,27). The van der Waals surface area contributed by atoms with Crippen LogP contribution >= 0.6 is 0 Å². The van der Waals surface area contributed by atoms with Gasteiger partial charge < -0.3 is 14.9 Å². The van der Waals surface area contributed by atoms with E-state index in [-0.39, 0.29) is 17.6 Å². The van der Waals surface area contributed by atoms with Gasteiger partial charge in [-0.15, -0.1) is 0 Å². The molecule has 2 aromatic heterocycles. The van der Waals surface area contributed by atoms with Gasteiger partial charge in [-0.1, -0.05) is 6.07 Å². The first-order valence-electron chi connectivity index (χ1n) is 9.01. The topological polar surface area (TPSA) is 91.6 Å². The Morgan fingerprint density at radius 3 is 2.59 bits per heavy atom. The van der Waals surface area contributed by atoms with Crippen molar-refractivity contribution in [2.24, 2.45) is 0 Å². The third-order valence-corrected chi connectivity index (χ3v) is 4.76. The predicted molar refractivity (Wildman–Crippen MR) is 101 cm³/mol. The molecular weight excluding hydrogens is 346 g/mol. The summed E-state index contributed by atoms with van der Waals surface area (Å²) >= 11 is 0. The number of hydrogen-bond donors (Lipinski definition) is 1. The third kappa shape index (κ3) is 3.79. The maximum atomic E-state index is 11.8. The van der Waals surface area contributed by atoms with Crippen molar-refractivity contribution in [2.75, 3.05) is 25.5 Å². The quantitative estimate of drug-likeness (QED) is 0.861. The summed E-state index contributed by atoms with van der Waals surface area (Å²) in [7, 11) is 3.46. The Hall–Kier alpha value is -2.90. The van der Waals surface area contributed by atoms with Crippen molar-refractivity contribution >= 4 is 17.7 Å². The number of carbonyl (C=O) groups is 2. The Balaban J connectivity index is 1.82. The van der Waals surface area contributed by atoms with E-state index in [0.717, 1.165) is 35.6 Å². The number of aromatic nitrogens is 3. The molecule has 1 aliphatic rings. The van der Waals surface area contributed by atoms with E-state index in [9.17, 15) is 14.7 Å². The highest BCUT2D eigenvalue weighted by Crippen LogP contribution is 2.27. The lowest BCUT2D eigenvalue weighted by Gasteiger charge is -2.29. The number of amides is 1. The lowest BCUT2D eigenvalue weighted by molar-refractivity contribution is -0.127. The number of carboxylic acids is 1.